The highest BCUT2D eigenvalue weighted by molar-refractivity contribution is 9.11. The van der Waals surface area contributed by atoms with Gasteiger partial charge in [0.05, 0.1) is 20.5 Å². The normalized spacial score (nSPS) is 10.8. The van der Waals surface area contributed by atoms with Crippen LogP contribution in [0.4, 0.5) is 10.8 Å². The van der Waals surface area contributed by atoms with Gasteiger partial charge in [0.25, 0.3) is 5.91 Å². The molecule has 0 atom stereocenters. The summed E-state index contributed by atoms with van der Waals surface area (Å²) in [6.45, 7) is 0. The number of carbonyl (C=O) groups is 1. The molecular formula is C13H10BrN3O2S2. The summed E-state index contributed by atoms with van der Waals surface area (Å²) in [5.74, 6) is 0.414. The number of halogens is 1. The lowest BCUT2D eigenvalue weighted by Crippen LogP contribution is -2.09. The number of benzene rings is 1. The molecule has 1 amide bonds. The summed E-state index contributed by atoms with van der Waals surface area (Å²) in [4.78, 5) is 17.1. The largest absolute Gasteiger partial charge is 0.494 e. The van der Waals surface area contributed by atoms with Crippen LogP contribution in [0.1, 0.15) is 9.67 Å². The van der Waals surface area contributed by atoms with Crippen LogP contribution in [-0.4, -0.2) is 18.0 Å². The Hall–Kier alpha value is -1.64. The maximum absolute atomic E-state index is 12.1. The average molecular weight is 384 g/mol. The maximum Gasteiger partial charge on any atom is 0.267 e. The first-order valence-electron chi connectivity index (χ1n) is 5.87. The van der Waals surface area contributed by atoms with Crippen molar-refractivity contribution in [3.05, 3.63) is 32.9 Å². The van der Waals surface area contributed by atoms with E-state index >= 15 is 0 Å². The van der Waals surface area contributed by atoms with Crippen LogP contribution in [0.2, 0.25) is 0 Å². The summed E-state index contributed by atoms with van der Waals surface area (Å²) < 4.78 is 7.04. The van der Waals surface area contributed by atoms with Gasteiger partial charge in [0.15, 0.2) is 5.13 Å². The fourth-order valence-corrected chi connectivity index (χ4v) is 4.03. The van der Waals surface area contributed by atoms with Gasteiger partial charge in [-0.15, -0.1) is 11.3 Å². The van der Waals surface area contributed by atoms with E-state index in [1.54, 1.807) is 19.2 Å². The van der Waals surface area contributed by atoms with Gasteiger partial charge in [-0.2, -0.15) is 0 Å². The molecule has 2 heterocycles. The van der Waals surface area contributed by atoms with Crippen LogP contribution in [0.5, 0.6) is 5.75 Å². The van der Waals surface area contributed by atoms with Crippen molar-refractivity contribution in [3.8, 4) is 5.75 Å². The van der Waals surface area contributed by atoms with Crippen LogP contribution in [0.25, 0.3) is 10.2 Å². The van der Waals surface area contributed by atoms with Gasteiger partial charge in [-0.1, -0.05) is 11.3 Å². The zero-order valence-corrected chi connectivity index (χ0v) is 14.1. The summed E-state index contributed by atoms with van der Waals surface area (Å²) in [6, 6.07) is 7.12. The second kappa shape index (κ2) is 5.63. The second-order valence-corrected chi connectivity index (χ2v) is 7.64. The topological polar surface area (TPSA) is 77.2 Å². The number of anilines is 2. The van der Waals surface area contributed by atoms with Crippen molar-refractivity contribution in [3.63, 3.8) is 0 Å². The summed E-state index contributed by atoms with van der Waals surface area (Å²) in [7, 11) is 1.56. The summed E-state index contributed by atoms with van der Waals surface area (Å²) in [6.07, 6.45) is 0. The zero-order chi connectivity index (χ0) is 15.0. The SMILES string of the molecule is COc1cc(N)cc2sc(NC(=O)c3ccc(Br)s3)nc12. The number of fused-ring (bicyclic) bond motifs is 1. The highest BCUT2D eigenvalue weighted by Crippen LogP contribution is 2.35. The molecule has 0 spiro atoms. The molecule has 3 rings (SSSR count). The third-order valence-corrected chi connectivity index (χ3v) is 5.26. The van der Waals surface area contributed by atoms with E-state index in [-0.39, 0.29) is 5.91 Å². The van der Waals surface area contributed by atoms with Gasteiger partial charge in [0.2, 0.25) is 0 Å². The molecule has 8 heteroatoms. The highest BCUT2D eigenvalue weighted by atomic mass is 79.9. The molecule has 0 saturated heterocycles. The number of rotatable bonds is 3. The molecule has 21 heavy (non-hydrogen) atoms. The molecular weight excluding hydrogens is 374 g/mol. The van der Waals surface area contributed by atoms with E-state index in [1.165, 1.54) is 22.7 Å². The minimum atomic E-state index is -0.184. The summed E-state index contributed by atoms with van der Waals surface area (Å²) in [5, 5.41) is 3.31. The van der Waals surface area contributed by atoms with Gasteiger partial charge in [-0.25, -0.2) is 4.98 Å². The molecule has 0 aliphatic heterocycles. The molecule has 3 N–H and O–H groups in total. The van der Waals surface area contributed by atoms with Crippen LogP contribution in [0, 0.1) is 0 Å². The molecule has 0 unspecified atom stereocenters. The number of nitrogen functional groups attached to an aromatic ring is 1. The van der Waals surface area contributed by atoms with Crippen molar-refractivity contribution in [2.45, 2.75) is 0 Å². The molecule has 0 saturated carbocycles. The van der Waals surface area contributed by atoms with Crippen molar-refractivity contribution in [1.29, 1.82) is 0 Å². The molecule has 2 aromatic heterocycles. The van der Waals surface area contributed by atoms with Crippen LogP contribution in [-0.2, 0) is 0 Å². The number of methoxy groups -OCH3 is 1. The van der Waals surface area contributed by atoms with Gasteiger partial charge < -0.3 is 10.5 Å². The molecule has 0 radical (unpaired) electrons. The van der Waals surface area contributed by atoms with Crippen molar-refractivity contribution >= 4 is 65.5 Å². The van der Waals surface area contributed by atoms with Gasteiger partial charge in [0.1, 0.15) is 11.3 Å². The van der Waals surface area contributed by atoms with E-state index in [9.17, 15) is 4.79 Å². The molecule has 3 aromatic rings. The number of hydrogen-bond donors (Lipinski definition) is 2. The second-order valence-electron chi connectivity index (χ2n) is 4.15. The molecule has 0 bridgehead atoms. The Morgan fingerprint density at radius 1 is 1.38 bits per heavy atom. The number of thiazole rings is 1. The van der Waals surface area contributed by atoms with E-state index < -0.39 is 0 Å². The number of carbonyl (C=O) groups excluding carboxylic acids is 1. The zero-order valence-electron chi connectivity index (χ0n) is 10.8. The number of nitrogens with one attached hydrogen (secondary N) is 1. The summed E-state index contributed by atoms with van der Waals surface area (Å²) >= 11 is 6.07. The van der Waals surface area contributed by atoms with E-state index in [2.05, 4.69) is 26.2 Å². The van der Waals surface area contributed by atoms with Crippen molar-refractivity contribution in [2.75, 3.05) is 18.2 Å². The fourth-order valence-electron chi connectivity index (χ4n) is 1.82. The lowest BCUT2D eigenvalue weighted by Gasteiger charge is -2.01. The molecule has 1 aromatic carbocycles. The number of nitrogens with zero attached hydrogens (tertiary/aromatic N) is 1. The Labute approximate surface area is 136 Å². The molecule has 5 nitrogen and oxygen atoms in total. The Morgan fingerprint density at radius 3 is 2.86 bits per heavy atom. The quantitative estimate of drug-likeness (QED) is 0.670. The van der Waals surface area contributed by atoms with Gasteiger partial charge in [0, 0.05) is 11.8 Å². The average Bonchev–Trinajstić information content (AvgIpc) is 3.03. The molecule has 0 aliphatic rings. The highest BCUT2D eigenvalue weighted by Gasteiger charge is 2.14. The number of aromatic nitrogens is 1. The number of hydrogen-bond acceptors (Lipinski definition) is 6. The van der Waals surface area contributed by atoms with Crippen LogP contribution < -0.4 is 15.8 Å². The minimum Gasteiger partial charge on any atom is -0.494 e. The third kappa shape index (κ3) is 2.87. The Kier molecular flexibility index (Phi) is 3.83. The number of amides is 1. The smallest absolute Gasteiger partial charge is 0.267 e. The maximum atomic E-state index is 12.1. The predicted molar refractivity (Wildman–Crippen MR) is 90.6 cm³/mol. The van der Waals surface area contributed by atoms with E-state index in [4.69, 9.17) is 10.5 Å². The predicted octanol–water partition coefficient (Wildman–Crippen LogP) is 3.96. The number of ether oxygens (including phenoxy) is 1. The fraction of sp³-hybridized carbons (Fsp3) is 0.0769. The Morgan fingerprint density at radius 2 is 2.19 bits per heavy atom. The molecule has 0 fully saturated rings. The lowest BCUT2D eigenvalue weighted by atomic mass is 10.3. The van der Waals surface area contributed by atoms with Crippen molar-refractivity contribution in [1.82, 2.24) is 4.98 Å². The third-order valence-electron chi connectivity index (χ3n) is 2.72. The van der Waals surface area contributed by atoms with Crippen molar-refractivity contribution in [2.24, 2.45) is 0 Å². The van der Waals surface area contributed by atoms with E-state index in [1.807, 2.05) is 12.1 Å². The van der Waals surface area contributed by atoms with Crippen LogP contribution in [0.15, 0.2) is 28.1 Å². The van der Waals surface area contributed by atoms with E-state index in [0.29, 0.717) is 27.0 Å². The van der Waals surface area contributed by atoms with Crippen LogP contribution >= 0.6 is 38.6 Å². The lowest BCUT2D eigenvalue weighted by molar-refractivity contribution is 0.103. The van der Waals surface area contributed by atoms with Gasteiger partial charge in [-0.05, 0) is 34.1 Å². The minimum absolute atomic E-state index is 0.184. The van der Waals surface area contributed by atoms with E-state index in [0.717, 1.165) is 8.49 Å². The Balaban J connectivity index is 1.93. The molecule has 108 valence electrons. The first-order chi connectivity index (χ1) is 10.1. The van der Waals surface area contributed by atoms with Gasteiger partial charge in [-0.3, -0.25) is 10.1 Å². The number of thiophene rings is 1. The first kappa shape index (κ1) is 14.3. The van der Waals surface area contributed by atoms with Crippen molar-refractivity contribution < 1.29 is 9.53 Å². The molecule has 0 aliphatic carbocycles. The first-order valence-corrected chi connectivity index (χ1v) is 8.30. The number of nitrogens with two attached hydrogens (primary N) is 1. The van der Waals surface area contributed by atoms with Gasteiger partial charge >= 0.3 is 0 Å². The van der Waals surface area contributed by atoms with Crippen LogP contribution in [0.3, 0.4) is 0 Å². The summed E-state index contributed by atoms with van der Waals surface area (Å²) in [5.41, 5.74) is 7.11. The monoisotopic (exact) mass is 383 g/mol. The Bertz CT molecular complexity index is 828. The standard InChI is InChI=1S/C13H10BrN3O2S2/c1-19-7-4-6(15)5-9-11(7)16-13(21-9)17-12(18)8-2-3-10(14)20-8/h2-5H,15H2,1H3,(H,16,17,18).